The summed E-state index contributed by atoms with van der Waals surface area (Å²) in [6.45, 7) is 3.57. The third-order valence-corrected chi connectivity index (χ3v) is 3.22. The lowest BCUT2D eigenvalue weighted by Gasteiger charge is -2.18. The SMILES string of the molecule is Nc1ccc(=O)n(CCCN2CCCNC(=O)C2)c1. The van der Waals surface area contributed by atoms with Crippen LogP contribution in [0, 0.1) is 0 Å². The first kappa shape index (κ1) is 13.6. The van der Waals surface area contributed by atoms with E-state index in [1.165, 1.54) is 6.07 Å². The summed E-state index contributed by atoms with van der Waals surface area (Å²) >= 11 is 0. The highest BCUT2D eigenvalue weighted by Crippen LogP contribution is 2.01. The highest BCUT2D eigenvalue weighted by molar-refractivity contribution is 5.78. The molecule has 6 nitrogen and oxygen atoms in total. The van der Waals surface area contributed by atoms with Gasteiger partial charge in [-0.2, -0.15) is 0 Å². The van der Waals surface area contributed by atoms with E-state index in [1.54, 1.807) is 16.8 Å². The number of rotatable bonds is 4. The average molecular weight is 264 g/mol. The van der Waals surface area contributed by atoms with Crippen molar-refractivity contribution in [2.45, 2.75) is 19.4 Å². The van der Waals surface area contributed by atoms with Gasteiger partial charge in [0.1, 0.15) is 0 Å². The van der Waals surface area contributed by atoms with Crippen LogP contribution in [0.3, 0.4) is 0 Å². The average Bonchev–Trinajstić information content (AvgIpc) is 2.58. The Labute approximate surface area is 112 Å². The molecule has 0 unspecified atom stereocenters. The molecular weight excluding hydrogens is 244 g/mol. The van der Waals surface area contributed by atoms with Gasteiger partial charge in [0, 0.05) is 44.1 Å². The van der Waals surface area contributed by atoms with Gasteiger partial charge in [0.15, 0.2) is 0 Å². The normalized spacial score (nSPS) is 16.9. The van der Waals surface area contributed by atoms with Crippen molar-refractivity contribution in [2.24, 2.45) is 0 Å². The molecule has 0 spiro atoms. The third kappa shape index (κ3) is 4.10. The van der Waals surface area contributed by atoms with Crippen molar-refractivity contribution in [3.8, 4) is 0 Å². The number of hydrogen-bond acceptors (Lipinski definition) is 4. The maximum atomic E-state index is 11.6. The lowest BCUT2D eigenvalue weighted by Crippen LogP contribution is -2.34. The van der Waals surface area contributed by atoms with Crippen molar-refractivity contribution in [3.63, 3.8) is 0 Å². The van der Waals surface area contributed by atoms with E-state index in [1.807, 2.05) is 0 Å². The summed E-state index contributed by atoms with van der Waals surface area (Å²) in [6, 6.07) is 3.09. The molecule has 6 heteroatoms. The van der Waals surface area contributed by atoms with Gasteiger partial charge in [0.05, 0.1) is 6.54 Å². The smallest absolute Gasteiger partial charge is 0.250 e. The van der Waals surface area contributed by atoms with Crippen molar-refractivity contribution in [3.05, 3.63) is 28.7 Å². The number of nitrogen functional groups attached to an aromatic ring is 1. The van der Waals surface area contributed by atoms with Crippen LogP contribution >= 0.6 is 0 Å². The van der Waals surface area contributed by atoms with E-state index in [2.05, 4.69) is 10.2 Å². The van der Waals surface area contributed by atoms with Crippen LogP contribution in [0.1, 0.15) is 12.8 Å². The fraction of sp³-hybridized carbons (Fsp3) is 0.538. The molecule has 0 radical (unpaired) electrons. The maximum absolute atomic E-state index is 11.6. The molecule has 19 heavy (non-hydrogen) atoms. The largest absolute Gasteiger partial charge is 0.398 e. The van der Waals surface area contributed by atoms with E-state index in [0.717, 1.165) is 32.5 Å². The first-order valence-electron chi connectivity index (χ1n) is 6.60. The molecular formula is C13H20N4O2. The highest BCUT2D eigenvalue weighted by Gasteiger charge is 2.13. The Kier molecular flexibility index (Phi) is 4.57. The van der Waals surface area contributed by atoms with Crippen molar-refractivity contribution in [2.75, 3.05) is 31.9 Å². The van der Waals surface area contributed by atoms with Gasteiger partial charge in [-0.25, -0.2) is 0 Å². The zero-order valence-corrected chi connectivity index (χ0v) is 11.0. The molecule has 1 aliphatic heterocycles. The molecule has 2 heterocycles. The van der Waals surface area contributed by atoms with E-state index >= 15 is 0 Å². The number of aromatic nitrogens is 1. The molecule has 0 saturated carbocycles. The number of nitrogens with two attached hydrogens (primary N) is 1. The van der Waals surface area contributed by atoms with E-state index in [9.17, 15) is 9.59 Å². The Balaban J connectivity index is 1.84. The molecule has 1 amide bonds. The topological polar surface area (TPSA) is 80.4 Å². The highest BCUT2D eigenvalue weighted by atomic mass is 16.2. The minimum Gasteiger partial charge on any atom is -0.398 e. The molecule has 2 rings (SSSR count). The van der Waals surface area contributed by atoms with Crippen LogP contribution < -0.4 is 16.6 Å². The van der Waals surface area contributed by atoms with Gasteiger partial charge < -0.3 is 15.6 Å². The second kappa shape index (κ2) is 6.38. The monoisotopic (exact) mass is 264 g/mol. The Morgan fingerprint density at radius 2 is 2.11 bits per heavy atom. The minimum atomic E-state index is -0.0391. The molecule has 0 bridgehead atoms. The quantitative estimate of drug-likeness (QED) is 0.778. The first-order valence-corrected chi connectivity index (χ1v) is 6.60. The fourth-order valence-corrected chi connectivity index (χ4v) is 2.25. The molecule has 1 fully saturated rings. The van der Waals surface area contributed by atoms with E-state index in [-0.39, 0.29) is 11.5 Å². The summed E-state index contributed by atoms with van der Waals surface area (Å²) in [5, 5.41) is 2.85. The van der Waals surface area contributed by atoms with Gasteiger partial charge in [-0.15, -0.1) is 0 Å². The Bertz CT molecular complexity index is 498. The summed E-state index contributed by atoms with van der Waals surface area (Å²) < 4.78 is 1.62. The second-order valence-corrected chi connectivity index (χ2v) is 4.83. The second-order valence-electron chi connectivity index (χ2n) is 4.83. The maximum Gasteiger partial charge on any atom is 0.250 e. The molecule has 3 N–H and O–H groups in total. The molecule has 104 valence electrons. The Morgan fingerprint density at radius 1 is 1.26 bits per heavy atom. The van der Waals surface area contributed by atoms with Crippen LogP contribution in [0.2, 0.25) is 0 Å². The lowest BCUT2D eigenvalue weighted by molar-refractivity contribution is -0.121. The summed E-state index contributed by atoms with van der Waals surface area (Å²) in [5.41, 5.74) is 6.21. The van der Waals surface area contributed by atoms with Gasteiger partial charge in [-0.3, -0.25) is 14.5 Å². The number of pyridine rings is 1. The Morgan fingerprint density at radius 3 is 2.95 bits per heavy atom. The third-order valence-electron chi connectivity index (χ3n) is 3.22. The number of amides is 1. The van der Waals surface area contributed by atoms with Crippen LogP contribution in [0.15, 0.2) is 23.1 Å². The van der Waals surface area contributed by atoms with Gasteiger partial charge in [-0.05, 0) is 18.9 Å². The number of hydrogen-bond donors (Lipinski definition) is 2. The Hall–Kier alpha value is -1.82. The zero-order chi connectivity index (χ0) is 13.7. The van der Waals surface area contributed by atoms with Gasteiger partial charge >= 0.3 is 0 Å². The standard InChI is InChI=1S/C13H20N4O2/c14-11-3-4-13(19)17(9-11)8-2-7-16-6-1-5-15-12(18)10-16/h3-4,9H,1-2,5-8,10,14H2,(H,15,18). The predicted octanol–water partition coefficient (Wildman–Crippen LogP) is -0.357. The van der Waals surface area contributed by atoms with Crippen LogP contribution in [-0.2, 0) is 11.3 Å². The number of nitrogens with one attached hydrogen (secondary N) is 1. The van der Waals surface area contributed by atoms with Crippen LogP contribution in [0.4, 0.5) is 5.69 Å². The van der Waals surface area contributed by atoms with Gasteiger partial charge in [0.2, 0.25) is 5.91 Å². The number of nitrogens with zero attached hydrogens (tertiary/aromatic N) is 2. The lowest BCUT2D eigenvalue weighted by atomic mass is 10.3. The van der Waals surface area contributed by atoms with Crippen LogP contribution in [-0.4, -0.2) is 41.6 Å². The van der Waals surface area contributed by atoms with E-state index in [4.69, 9.17) is 5.73 Å². The number of carbonyl (C=O) groups excluding carboxylic acids is 1. The van der Waals surface area contributed by atoms with Gasteiger partial charge in [0.25, 0.3) is 5.56 Å². The molecule has 1 saturated heterocycles. The minimum absolute atomic E-state index is 0.0391. The van der Waals surface area contributed by atoms with Crippen molar-refractivity contribution in [1.82, 2.24) is 14.8 Å². The molecule has 1 aliphatic rings. The number of anilines is 1. The summed E-state index contributed by atoms with van der Waals surface area (Å²) in [5.74, 6) is 0.0821. The molecule has 0 aliphatic carbocycles. The van der Waals surface area contributed by atoms with Crippen LogP contribution in [0.5, 0.6) is 0 Å². The van der Waals surface area contributed by atoms with Crippen molar-refractivity contribution < 1.29 is 4.79 Å². The fourth-order valence-electron chi connectivity index (χ4n) is 2.25. The summed E-state index contributed by atoms with van der Waals surface area (Å²) in [6.07, 6.45) is 3.47. The molecule has 1 aromatic rings. The number of carbonyl (C=O) groups is 1. The van der Waals surface area contributed by atoms with Crippen molar-refractivity contribution in [1.29, 1.82) is 0 Å². The summed E-state index contributed by atoms with van der Waals surface area (Å²) in [4.78, 5) is 25.1. The molecule has 0 atom stereocenters. The summed E-state index contributed by atoms with van der Waals surface area (Å²) in [7, 11) is 0. The first-order chi connectivity index (χ1) is 9.15. The van der Waals surface area contributed by atoms with Crippen molar-refractivity contribution >= 4 is 11.6 Å². The predicted molar refractivity (Wildman–Crippen MR) is 73.8 cm³/mol. The molecule has 0 aromatic carbocycles. The van der Waals surface area contributed by atoms with Crippen LogP contribution in [0.25, 0.3) is 0 Å². The van der Waals surface area contributed by atoms with E-state index in [0.29, 0.717) is 18.8 Å². The molecule has 1 aromatic heterocycles. The van der Waals surface area contributed by atoms with E-state index < -0.39 is 0 Å². The number of aryl methyl sites for hydroxylation is 1. The zero-order valence-electron chi connectivity index (χ0n) is 11.0. The van der Waals surface area contributed by atoms with Gasteiger partial charge in [-0.1, -0.05) is 0 Å².